The number of aliphatic hydroxyl groups excluding tert-OH is 6. The van der Waals surface area contributed by atoms with E-state index in [0.29, 0.717) is 17.9 Å². The van der Waals surface area contributed by atoms with E-state index in [4.69, 9.17) is 28.5 Å². The molecular weight excluding hydrogens is 962 g/mol. The summed E-state index contributed by atoms with van der Waals surface area (Å²) in [4.78, 5) is 67.3. The summed E-state index contributed by atoms with van der Waals surface area (Å²) in [6.45, 7) is 21.7. The predicted molar refractivity (Wildman–Crippen MR) is 229 cm³/mol. The van der Waals surface area contributed by atoms with Gasteiger partial charge in [0, 0.05) is 20.6 Å². The minimum Gasteiger partial charge on any atom is -0.790 e. The first-order valence-electron chi connectivity index (χ1n) is 20.1. The van der Waals surface area contributed by atoms with Crippen molar-refractivity contribution >= 4 is 39.2 Å². The number of phosphoric acid groups is 2. The summed E-state index contributed by atoms with van der Waals surface area (Å²) in [7, 11) is -6.78. The molecule has 0 amide bonds. The predicted octanol–water partition coefficient (Wildman–Crippen LogP) is -2.16. The first kappa shape index (κ1) is 65.4. The Morgan fingerprint density at radius 3 is 1.46 bits per heavy atom. The summed E-state index contributed by atoms with van der Waals surface area (Å²) >= 11 is 0. The molecule has 2 heterocycles. The number of esters is 2. The number of carbonyl (C=O) groups is 4. The van der Waals surface area contributed by atoms with E-state index in [2.05, 4.69) is 45.8 Å². The van der Waals surface area contributed by atoms with Gasteiger partial charge in [0.05, 0.1) is 21.0 Å². The van der Waals surface area contributed by atoms with Gasteiger partial charge in [0.15, 0.2) is 47.3 Å². The van der Waals surface area contributed by atoms with Crippen molar-refractivity contribution in [2.24, 2.45) is 10.8 Å². The van der Waals surface area contributed by atoms with Crippen LogP contribution in [-0.2, 0) is 60.6 Å². The second-order valence-corrected chi connectivity index (χ2v) is 20.1. The summed E-state index contributed by atoms with van der Waals surface area (Å²) in [6, 6.07) is 0. The maximum Gasteiger partial charge on any atom is 1.00 e. The molecule has 0 saturated carbocycles. The first-order chi connectivity index (χ1) is 30.1. The van der Waals surface area contributed by atoms with Crippen molar-refractivity contribution in [1.82, 2.24) is 5.32 Å². The van der Waals surface area contributed by atoms with Gasteiger partial charge in [-0.25, -0.2) is 14.2 Å². The van der Waals surface area contributed by atoms with Crippen LogP contribution in [0.2, 0.25) is 0 Å². The van der Waals surface area contributed by atoms with Crippen LogP contribution < -0.4 is 74.2 Å². The van der Waals surface area contributed by atoms with Crippen LogP contribution in [0.25, 0.3) is 0 Å². The van der Waals surface area contributed by atoms with Crippen molar-refractivity contribution in [1.29, 1.82) is 0 Å². The van der Waals surface area contributed by atoms with Gasteiger partial charge >= 0.3 is 78.9 Å². The Kier molecular flexibility index (Phi) is 25.7. The van der Waals surface area contributed by atoms with Crippen LogP contribution in [0.15, 0.2) is 81.1 Å². The zero-order chi connectivity index (χ0) is 51.0. The molecule has 7 N–H and O–H groups in total. The number of Topliss-reactive ketones (excluding diaryl/α,β-unsaturated/α-hetero) is 2. The number of phosphoric ester groups is 2. The molecule has 7 atom stereocenters. The number of carbonyl (C=O) groups excluding carboxylic acids is 4. The van der Waals surface area contributed by atoms with Gasteiger partial charge in [-0.05, 0) is 87.7 Å². The van der Waals surface area contributed by atoms with E-state index in [1.54, 1.807) is 14.0 Å². The smallest absolute Gasteiger partial charge is 0.790 e. The summed E-state index contributed by atoms with van der Waals surface area (Å²) in [5, 5.41) is 59.0. The molecule has 3 unspecified atom stereocenters. The number of allylic oxidation sites excluding steroid dienone is 6. The molecule has 0 aromatic rings. The summed E-state index contributed by atoms with van der Waals surface area (Å²) < 4.78 is 56.6. The minimum atomic E-state index is -5.27. The maximum atomic E-state index is 12.9. The van der Waals surface area contributed by atoms with Crippen LogP contribution in [0.3, 0.4) is 0 Å². The van der Waals surface area contributed by atoms with E-state index >= 15 is 0 Å². The number of hydrogen-bond acceptors (Lipinski definition) is 22. The zero-order valence-electron chi connectivity index (χ0n) is 40.9. The van der Waals surface area contributed by atoms with E-state index in [-0.39, 0.29) is 82.5 Å². The van der Waals surface area contributed by atoms with Crippen LogP contribution in [0.1, 0.15) is 82.1 Å². The number of ketones is 2. The van der Waals surface area contributed by atoms with Gasteiger partial charge in [-0.1, -0.05) is 51.0 Å². The Morgan fingerprint density at radius 2 is 1.13 bits per heavy atom. The Morgan fingerprint density at radius 1 is 0.765 bits per heavy atom. The topological polar surface area (TPSA) is 347 Å². The van der Waals surface area contributed by atoms with Crippen molar-refractivity contribution in [2.45, 2.75) is 119 Å². The largest absolute Gasteiger partial charge is 1.00 e. The molecule has 22 nitrogen and oxygen atoms in total. The first-order valence-corrected chi connectivity index (χ1v) is 23.1. The summed E-state index contributed by atoms with van der Waals surface area (Å²) in [5.74, 6) is -6.28. The Labute approximate surface area is 439 Å². The fourth-order valence-electron chi connectivity index (χ4n) is 6.94. The quantitative estimate of drug-likeness (QED) is 0.0375. The third-order valence-corrected chi connectivity index (χ3v) is 12.2. The molecule has 4 rings (SSSR count). The normalized spacial score (nSPS) is 23.8. The molecule has 0 aromatic carbocycles. The third-order valence-electron chi connectivity index (χ3n) is 10.3. The molecular formula is C42H61NNa2O21P2. The standard InChI is InChI=1S/C20H29O10P.C16H25NO2.C6H9O9P.2Na/c1-10(2)7-12-11(3)15(22)14(8-20(12,4)5)30-31(26,27-6)28-9-13(21)18-16(23)17(24)19(25)29-18;1-10(2)8-13-11(3)15(18)14(9-16(13,5)6)19-12(4)17-7;7-2(1-14-16(11,12)13)5-3(8)4(9)6(10)15-5;;/h7,13-14,18,21,23-24H,8-9H2,1-6H3;8,14,17H,4,9H2,1-3,5-7H3;2,5,7-9H,1H2,(H2,11,12,13);;/q;;;2*+1/p-2/t13-,14?,18+,31?;;2-,5+;;/m0.0../s1. The van der Waals surface area contributed by atoms with Crippen LogP contribution in [0.5, 0.6) is 0 Å². The van der Waals surface area contributed by atoms with Gasteiger partial charge in [-0.15, -0.1) is 0 Å². The zero-order valence-corrected chi connectivity index (χ0v) is 46.6. The molecule has 0 fully saturated rings. The molecule has 2 aliphatic heterocycles. The van der Waals surface area contributed by atoms with Crippen molar-refractivity contribution in [3.63, 3.8) is 0 Å². The molecule has 372 valence electrons. The van der Waals surface area contributed by atoms with Crippen LogP contribution >= 0.6 is 15.6 Å². The van der Waals surface area contributed by atoms with Crippen LogP contribution in [-0.4, -0.2) is 118 Å². The van der Waals surface area contributed by atoms with Gasteiger partial charge < -0.3 is 69.0 Å². The van der Waals surface area contributed by atoms with E-state index in [9.17, 15) is 58.5 Å². The average molecular weight is 1020 g/mol. The number of ether oxygens (including phenoxy) is 3. The van der Waals surface area contributed by atoms with Gasteiger partial charge in [-0.3, -0.25) is 23.2 Å². The van der Waals surface area contributed by atoms with Crippen molar-refractivity contribution in [2.75, 3.05) is 27.4 Å². The molecule has 0 radical (unpaired) electrons. The molecule has 68 heavy (non-hydrogen) atoms. The summed E-state index contributed by atoms with van der Waals surface area (Å²) in [5.41, 5.74) is 4.97. The van der Waals surface area contributed by atoms with E-state index in [1.165, 1.54) is 5.57 Å². The second kappa shape index (κ2) is 26.7. The van der Waals surface area contributed by atoms with E-state index in [0.717, 1.165) is 29.4 Å². The van der Waals surface area contributed by atoms with E-state index < -0.39 is 106 Å². The molecule has 2 aliphatic carbocycles. The van der Waals surface area contributed by atoms with Gasteiger partial charge in [0.1, 0.15) is 18.3 Å². The molecule has 4 aliphatic rings. The average Bonchev–Trinajstić information content (AvgIpc) is 3.63. The van der Waals surface area contributed by atoms with Crippen molar-refractivity contribution < 1.29 is 160 Å². The van der Waals surface area contributed by atoms with Gasteiger partial charge in [0.2, 0.25) is 11.5 Å². The molecule has 0 spiro atoms. The Hall–Kier alpha value is -2.60. The van der Waals surface area contributed by atoms with Crippen molar-refractivity contribution in [3.05, 3.63) is 81.1 Å². The van der Waals surface area contributed by atoms with Crippen LogP contribution in [0.4, 0.5) is 0 Å². The van der Waals surface area contributed by atoms with Crippen molar-refractivity contribution in [3.8, 4) is 0 Å². The number of hydrogen-bond donors (Lipinski definition) is 7. The fourth-order valence-corrected chi connectivity index (χ4v) is 8.34. The Balaban J connectivity index is 0.00000105. The molecule has 0 saturated heterocycles. The summed E-state index contributed by atoms with van der Waals surface area (Å²) in [6.07, 6.45) is -3.32. The molecule has 0 aromatic heterocycles. The third kappa shape index (κ3) is 17.9. The second-order valence-electron chi connectivity index (χ2n) is 17.2. The van der Waals surface area contributed by atoms with Gasteiger partial charge in [0.25, 0.3) is 0 Å². The minimum absolute atomic E-state index is 0. The molecule has 26 heteroatoms. The monoisotopic (exact) mass is 1020 g/mol. The number of nitrogens with one attached hydrogen (secondary N) is 1. The number of aliphatic hydroxyl groups is 6. The number of rotatable bonds is 16. The van der Waals surface area contributed by atoms with E-state index in [1.807, 2.05) is 54.5 Å². The Bertz CT molecular complexity index is 2200. The fraction of sp³-hybridized carbons (Fsp3) is 0.571. The van der Waals surface area contributed by atoms with Crippen LogP contribution in [0, 0.1) is 10.8 Å². The van der Waals surface area contributed by atoms with Gasteiger partial charge in [-0.2, -0.15) is 0 Å². The number of cyclic esters (lactones) is 2. The molecule has 0 bridgehead atoms. The SMILES string of the molecule is C=C(NC)OC1CC(C)(C)C(C=C(C)C)=C(C)C1=O.COP(=O)(OC[C@H](O)[C@H]1OC(=O)C(O)=C1O)OC1CC(C)(C)C(C=C(C)C)=C(C)C1=O.O=C1O[C@H]([C@@H](O)COP(=O)([O-])[O-])C(O)=C1O.[Na+].[Na+]. The maximum absolute atomic E-state index is 12.9.